The second-order valence-electron chi connectivity index (χ2n) is 9.90. The van der Waals surface area contributed by atoms with Crippen molar-refractivity contribution in [3.63, 3.8) is 0 Å². The number of benzene rings is 3. The topological polar surface area (TPSA) is 55.3 Å². The number of halogens is 6. The first-order valence-electron chi connectivity index (χ1n) is 12.3. The Hall–Kier alpha value is -4.41. The summed E-state index contributed by atoms with van der Waals surface area (Å²) in [5.74, 6) is -0.125. The van der Waals surface area contributed by atoms with Crippen LogP contribution in [-0.2, 0) is 22.6 Å². The minimum Gasteiger partial charge on any atom is -0.437 e. The van der Waals surface area contributed by atoms with E-state index in [2.05, 4.69) is 9.97 Å². The largest absolute Gasteiger partial charge is 0.437 e. The molecule has 4 aromatic rings. The number of aromatic nitrogens is 2. The van der Waals surface area contributed by atoms with Crippen molar-refractivity contribution in [1.82, 2.24) is 9.97 Å². The fourth-order valence-electron chi connectivity index (χ4n) is 4.13. The summed E-state index contributed by atoms with van der Waals surface area (Å²) >= 11 is 0. The van der Waals surface area contributed by atoms with Crippen LogP contribution in [0.4, 0.5) is 32.0 Å². The predicted molar refractivity (Wildman–Crippen MR) is 142 cm³/mol. The maximum atomic E-state index is 13.8. The van der Waals surface area contributed by atoms with Gasteiger partial charge in [-0.15, -0.1) is 0 Å². The van der Waals surface area contributed by atoms with Crippen molar-refractivity contribution in [2.45, 2.75) is 38.5 Å². The fraction of sp³-hybridized carbons (Fsp3) is 0.233. The van der Waals surface area contributed by atoms with Crippen LogP contribution in [0.5, 0.6) is 11.6 Å². The van der Waals surface area contributed by atoms with Gasteiger partial charge in [0.05, 0.1) is 22.7 Å². The highest BCUT2D eigenvalue weighted by atomic mass is 19.4. The number of hydrogen-bond donors (Lipinski definition) is 0. The summed E-state index contributed by atoms with van der Waals surface area (Å²) < 4.78 is 87.2. The van der Waals surface area contributed by atoms with Crippen molar-refractivity contribution in [1.29, 1.82) is 0 Å². The van der Waals surface area contributed by atoms with E-state index in [4.69, 9.17) is 4.74 Å². The number of rotatable bonds is 6. The van der Waals surface area contributed by atoms with Crippen molar-refractivity contribution in [3.8, 4) is 23.0 Å². The van der Waals surface area contributed by atoms with Gasteiger partial charge in [-0.1, -0.05) is 48.5 Å². The van der Waals surface area contributed by atoms with Gasteiger partial charge in [-0.25, -0.2) is 4.98 Å². The quantitative estimate of drug-likeness (QED) is 0.218. The molecule has 0 spiro atoms. The maximum absolute atomic E-state index is 13.8. The molecule has 1 amide bonds. The Morgan fingerprint density at radius 3 is 1.90 bits per heavy atom. The molecule has 0 aliphatic rings. The number of carbonyl (C=O) groups excluding carboxylic acids is 1. The van der Waals surface area contributed by atoms with Crippen LogP contribution in [0.15, 0.2) is 79.0 Å². The Morgan fingerprint density at radius 2 is 1.34 bits per heavy atom. The molecule has 0 unspecified atom stereocenters. The van der Waals surface area contributed by atoms with Gasteiger partial charge in [-0.05, 0) is 56.2 Å². The molecular formula is C30H25F6N3O2. The molecule has 0 N–H and O–H groups in total. The Kier molecular flexibility index (Phi) is 7.84. The van der Waals surface area contributed by atoms with Crippen molar-refractivity contribution < 1.29 is 35.9 Å². The monoisotopic (exact) mass is 573 g/mol. The van der Waals surface area contributed by atoms with Crippen LogP contribution in [0.25, 0.3) is 11.4 Å². The molecule has 3 aromatic carbocycles. The van der Waals surface area contributed by atoms with E-state index < -0.39 is 40.4 Å². The number of hydrogen-bond acceptors (Lipinski definition) is 4. The predicted octanol–water partition coefficient (Wildman–Crippen LogP) is 8.22. The fourth-order valence-corrected chi connectivity index (χ4v) is 4.13. The summed E-state index contributed by atoms with van der Waals surface area (Å²) in [6, 6.07) is 17.1. The molecule has 0 radical (unpaired) electrons. The average molecular weight is 574 g/mol. The van der Waals surface area contributed by atoms with E-state index in [0.717, 1.165) is 10.5 Å². The lowest BCUT2D eigenvalue weighted by molar-refractivity contribution is -0.143. The molecule has 0 atom stereocenters. The molecule has 5 nitrogen and oxygen atoms in total. The second-order valence-corrected chi connectivity index (χ2v) is 9.90. The van der Waals surface area contributed by atoms with Gasteiger partial charge in [0, 0.05) is 12.6 Å². The Bertz CT molecular complexity index is 1530. The molecule has 41 heavy (non-hydrogen) atoms. The standard InChI is InChI=1S/C30H25F6N3O2/c1-18-10-8-9-13-24(18)41-26-23(17-37-25(38-26)19-11-6-5-7-12-19)39(4)27(40)28(2,3)20-14-21(29(31,32)33)16-22(15-20)30(34,35)36/h5-17H,1-4H3. The number of carbonyl (C=O) groups is 1. The lowest BCUT2D eigenvalue weighted by Crippen LogP contribution is -2.42. The Labute approximate surface area is 232 Å². The van der Waals surface area contributed by atoms with E-state index in [1.165, 1.54) is 27.1 Å². The molecule has 1 aromatic heterocycles. The third kappa shape index (κ3) is 6.34. The summed E-state index contributed by atoms with van der Waals surface area (Å²) in [5.41, 5.74) is -3.82. The van der Waals surface area contributed by atoms with E-state index in [-0.39, 0.29) is 23.5 Å². The molecule has 1 heterocycles. The van der Waals surface area contributed by atoms with Gasteiger partial charge in [0.15, 0.2) is 5.82 Å². The van der Waals surface area contributed by atoms with Crippen LogP contribution >= 0.6 is 0 Å². The summed E-state index contributed by atoms with van der Waals surface area (Å²) in [5, 5.41) is 0. The number of anilines is 1. The highest BCUT2D eigenvalue weighted by Gasteiger charge is 2.41. The van der Waals surface area contributed by atoms with Crippen molar-refractivity contribution in [3.05, 3.63) is 101 Å². The molecule has 0 bridgehead atoms. The first-order valence-corrected chi connectivity index (χ1v) is 12.3. The summed E-state index contributed by atoms with van der Waals surface area (Å²) in [6.07, 6.45) is -8.79. The van der Waals surface area contributed by atoms with Gasteiger partial charge in [0.2, 0.25) is 11.8 Å². The van der Waals surface area contributed by atoms with E-state index in [9.17, 15) is 31.1 Å². The molecular weight excluding hydrogens is 548 g/mol. The van der Waals surface area contributed by atoms with Crippen LogP contribution in [-0.4, -0.2) is 22.9 Å². The zero-order chi connectivity index (χ0) is 30.2. The van der Waals surface area contributed by atoms with Gasteiger partial charge in [0.1, 0.15) is 11.4 Å². The zero-order valence-corrected chi connectivity index (χ0v) is 22.4. The number of aryl methyl sites for hydroxylation is 1. The van der Waals surface area contributed by atoms with E-state index in [1.54, 1.807) is 55.5 Å². The van der Waals surface area contributed by atoms with Gasteiger partial charge in [0.25, 0.3) is 0 Å². The second kappa shape index (κ2) is 10.9. The van der Waals surface area contributed by atoms with Gasteiger partial charge in [-0.3, -0.25) is 4.79 Å². The highest BCUT2D eigenvalue weighted by Crippen LogP contribution is 2.41. The van der Waals surface area contributed by atoms with Gasteiger partial charge in [-0.2, -0.15) is 31.3 Å². The van der Waals surface area contributed by atoms with Crippen molar-refractivity contribution in [2.24, 2.45) is 0 Å². The molecule has 11 heteroatoms. The number of para-hydroxylation sites is 1. The smallest absolute Gasteiger partial charge is 0.416 e. The van der Waals surface area contributed by atoms with Crippen LogP contribution in [0.2, 0.25) is 0 Å². The SMILES string of the molecule is Cc1ccccc1Oc1nc(-c2ccccc2)ncc1N(C)C(=O)C(C)(C)c1cc(C(F)(F)F)cc(C(F)(F)F)c1. The normalized spacial score (nSPS) is 12.2. The number of alkyl halides is 6. The van der Waals surface area contributed by atoms with E-state index in [0.29, 0.717) is 23.4 Å². The van der Waals surface area contributed by atoms with E-state index >= 15 is 0 Å². The van der Waals surface area contributed by atoms with Gasteiger partial charge < -0.3 is 9.64 Å². The minimum absolute atomic E-state index is 0.0258. The lowest BCUT2D eigenvalue weighted by atomic mass is 9.81. The lowest BCUT2D eigenvalue weighted by Gasteiger charge is -2.31. The maximum Gasteiger partial charge on any atom is 0.416 e. The number of ether oxygens (including phenoxy) is 1. The van der Waals surface area contributed by atoms with Crippen molar-refractivity contribution in [2.75, 3.05) is 11.9 Å². The molecule has 214 valence electrons. The molecule has 0 aliphatic heterocycles. The molecule has 0 aliphatic carbocycles. The molecule has 0 saturated heterocycles. The number of likely N-dealkylation sites (N-methyl/N-ethyl adjacent to an activating group) is 1. The first-order chi connectivity index (χ1) is 19.1. The Balaban J connectivity index is 1.80. The van der Waals surface area contributed by atoms with Crippen LogP contribution < -0.4 is 9.64 Å². The third-order valence-corrected chi connectivity index (χ3v) is 6.58. The third-order valence-electron chi connectivity index (χ3n) is 6.58. The number of nitrogens with zero attached hydrogens (tertiary/aromatic N) is 3. The Morgan fingerprint density at radius 1 is 0.805 bits per heavy atom. The van der Waals surface area contributed by atoms with Crippen LogP contribution in [0, 0.1) is 6.92 Å². The first kappa shape index (κ1) is 29.6. The summed E-state index contributed by atoms with van der Waals surface area (Å²) in [7, 11) is 1.33. The average Bonchev–Trinajstić information content (AvgIpc) is 2.92. The van der Waals surface area contributed by atoms with Crippen molar-refractivity contribution >= 4 is 11.6 Å². The minimum atomic E-state index is -5.06. The zero-order valence-electron chi connectivity index (χ0n) is 22.4. The molecule has 4 rings (SSSR count). The molecule has 0 saturated carbocycles. The summed E-state index contributed by atoms with van der Waals surface area (Å²) in [6.45, 7) is 4.31. The summed E-state index contributed by atoms with van der Waals surface area (Å²) in [4.78, 5) is 23.7. The van der Waals surface area contributed by atoms with E-state index in [1.807, 2.05) is 6.07 Å². The number of amides is 1. The highest BCUT2D eigenvalue weighted by molar-refractivity contribution is 6.01. The van der Waals surface area contributed by atoms with Crippen LogP contribution in [0.1, 0.15) is 36.1 Å². The van der Waals surface area contributed by atoms with Gasteiger partial charge >= 0.3 is 12.4 Å². The molecule has 0 fully saturated rings. The van der Waals surface area contributed by atoms with Crippen LogP contribution in [0.3, 0.4) is 0 Å².